The van der Waals surface area contributed by atoms with Gasteiger partial charge in [-0.25, -0.2) is 21.6 Å². The fraction of sp³-hybridized carbons (Fsp3) is 0.435. The Morgan fingerprint density at radius 2 is 1.68 bits per heavy atom. The molecule has 1 amide bonds. The van der Waals surface area contributed by atoms with Gasteiger partial charge in [0.2, 0.25) is 0 Å². The van der Waals surface area contributed by atoms with E-state index >= 15 is 0 Å². The smallest absolute Gasteiger partial charge is 0.261 e. The van der Waals surface area contributed by atoms with Gasteiger partial charge in [-0.2, -0.15) is 0 Å². The van der Waals surface area contributed by atoms with Gasteiger partial charge in [0.15, 0.2) is 38.8 Å². The van der Waals surface area contributed by atoms with Crippen LogP contribution in [-0.4, -0.2) is 58.4 Å². The molecule has 1 aliphatic heterocycles. The Bertz CT molecular complexity index is 1200. The first-order valence-electron chi connectivity index (χ1n) is 10.4. The van der Waals surface area contributed by atoms with Gasteiger partial charge in [0.05, 0.1) is 26.8 Å². The van der Waals surface area contributed by atoms with Crippen LogP contribution >= 0.6 is 0 Å². The molecule has 1 saturated heterocycles. The van der Waals surface area contributed by atoms with Crippen LogP contribution in [0.3, 0.4) is 0 Å². The molecule has 34 heavy (non-hydrogen) atoms. The van der Waals surface area contributed by atoms with E-state index in [9.17, 15) is 26.4 Å². The highest BCUT2D eigenvalue weighted by Crippen LogP contribution is 2.38. The van der Waals surface area contributed by atoms with Crippen LogP contribution in [0, 0.1) is 22.9 Å². The van der Waals surface area contributed by atoms with Crippen molar-refractivity contribution in [1.29, 1.82) is 0 Å². The number of methoxy groups -OCH3 is 1. The van der Waals surface area contributed by atoms with Crippen molar-refractivity contribution in [3.05, 3.63) is 47.3 Å². The molecule has 0 atom stereocenters. The molecule has 1 fully saturated rings. The molecular formula is C23H26F3NO6S. The molecule has 0 N–H and O–H groups in total. The lowest BCUT2D eigenvalue weighted by Crippen LogP contribution is -2.56. The lowest BCUT2D eigenvalue weighted by atomic mass is 9.98. The Morgan fingerprint density at radius 3 is 2.24 bits per heavy atom. The quantitative estimate of drug-likeness (QED) is 0.537. The second-order valence-electron chi connectivity index (χ2n) is 9.24. The number of rotatable bonds is 7. The van der Waals surface area contributed by atoms with E-state index in [1.54, 1.807) is 0 Å². The predicted octanol–water partition coefficient (Wildman–Crippen LogP) is 3.84. The number of carbonyl (C=O) groups is 1. The molecule has 0 aromatic heterocycles. The van der Waals surface area contributed by atoms with Gasteiger partial charge >= 0.3 is 0 Å². The van der Waals surface area contributed by atoms with E-state index in [4.69, 9.17) is 14.2 Å². The number of carbonyl (C=O) groups excluding carboxylic acids is 1. The van der Waals surface area contributed by atoms with Crippen molar-refractivity contribution in [3.63, 3.8) is 0 Å². The molecule has 1 aliphatic rings. The number of ether oxygens (including phenoxy) is 3. The van der Waals surface area contributed by atoms with E-state index in [2.05, 4.69) is 0 Å². The minimum absolute atomic E-state index is 0.00222. The van der Waals surface area contributed by atoms with Crippen molar-refractivity contribution in [2.45, 2.75) is 31.8 Å². The minimum atomic E-state index is -3.72. The minimum Gasteiger partial charge on any atom is -0.494 e. The summed E-state index contributed by atoms with van der Waals surface area (Å²) in [6.45, 7) is 6.06. The first kappa shape index (κ1) is 25.7. The second kappa shape index (κ2) is 9.36. The topological polar surface area (TPSA) is 82.1 Å². The second-order valence-corrected chi connectivity index (χ2v) is 11.2. The molecule has 0 unspecified atom stereocenters. The number of hydrogen-bond donors (Lipinski definition) is 0. The van der Waals surface area contributed by atoms with Gasteiger partial charge < -0.3 is 19.1 Å². The summed E-state index contributed by atoms with van der Waals surface area (Å²) in [5.74, 6) is -4.69. The van der Waals surface area contributed by atoms with Gasteiger partial charge in [0, 0.05) is 18.4 Å². The van der Waals surface area contributed by atoms with E-state index in [1.165, 1.54) is 24.1 Å². The Hall–Kier alpha value is -2.95. The van der Waals surface area contributed by atoms with E-state index in [0.717, 1.165) is 6.26 Å². The summed E-state index contributed by atoms with van der Waals surface area (Å²) in [5.41, 5.74) is -0.306. The van der Waals surface area contributed by atoms with E-state index in [1.807, 2.05) is 20.8 Å². The van der Waals surface area contributed by atoms with Crippen molar-refractivity contribution in [1.82, 2.24) is 4.90 Å². The summed E-state index contributed by atoms with van der Waals surface area (Å²) in [7, 11) is -2.47. The van der Waals surface area contributed by atoms with Gasteiger partial charge in [-0.3, -0.25) is 4.79 Å². The highest BCUT2D eigenvalue weighted by molar-refractivity contribution is 7.90. The van der Waals surface area contributed by atoms with E-state index in [-0.39, 0.29) is 47.1 Å². The number of hydrogen-bond acceptors (Lipinski definition) is 6. The standard InChI is InChI=1S/C23H26F3NO6S/c1-23(2,3)12-32-17-6-7-19(34(5,29)30)21(31-4)20(17)22(28)27-10-13(11-27)33-18-9-15(25)14(24)8-16(18)26/h6-9,13H,10-12H2,1-5H3. The van der Waals surface area contributed by atoms with Gasteiger partial charge in [-0.1, -0.05) is 20.8 Å². The average Bonchev–Trinajstić information content (AvgIpc) is 2.69. The Morgan fingerprint density at radius 1 is 1.06 bits per heavy atom. The molecule has 0 aliphatic carbocycles. The van der Waals surface area contributed by atoms with Crippen LogP contribution in [0.15, 0.2) is 29.2 Å². The Balaban J connectivity index is 1.86. The maximum Gasteiger partial charge on any atom is 0.261 e. The molecule has 0 saturated carbocycles. The number of likely N-dealkylation sites (tertiary alicyclic amines) is 1. The fourth-order valence-electron chi connectivity index (χ4n) is 3.27. The first-order valence-corrected chi connectivity index (χ1v) is 12.2. The maximum atomic E-state index is 13.9. The third-order valence-electron chi connectivity index (χ3n) is 4.97. The van der Waals surface area contributed by atoms with Crippen molar-refractivity contribution in [2.75, 3.05) is 33.1 Å². The lowest BCUT2D eigenvalue weighted by molar-refractivity contribution is 0.0155. The summed E-state index contributed by atoms with van der Waals surface area (Å²) >= 11 is 0. The van der Waals surface area contributed by atoms with Gasteiger partial charge in [0.1, 0.15) is 22.3 Å². The molecule has 7 nitrogen and oxygen atoms in total. The highest BCUT2D eigenvalue weighted by Gasteiger charge is 2.37. The summed E-state index contributed by atoms with van der Waals surface area (Å²) in [6.07, 6.45) is 0.324. The van der Waals surface area contributed by atoms with E-state index < -0.39 is 45.0 Å². The van der Waals surface area contributed by atoms with Crippen LogP contribution in [0.25, 0.3) is 0 Å². The molecule has 2 aromatic carbocycles. The number of nitrogens with zero attached hydrogens (tertiary/aromatic N) is 1. The molecule has 186 valence electrons. The van der Waals surface area contributed by atoms with Crippen LogP contribution in [-0.2, 0) is 9.84 Å². The maximum absolute atomic E-state index is 13.9. The molecule has 2 aromatic rings. The largest absolute Gasteiger partial charge is 0.494 e. The van der Waals surface area contributed by atoms with Crippen LogP contribution in [0.1, 0.15) is 31.1 Å². The zero-order chi connectivity index (χ0) is 25.4. The first-order chi connectivity index (χ1) is 15.7. The third-order valence-corrected chi connectivity index (χ3v) is 6.09. The van der Waals surface area contributed by atoms with Crippen molar-refractivity contribution in [3.8, 4) is 17.2 Å². The lowest BCUT2D eigenvalue weighted by Gasteiger charge is -2.39. The van der Waals surface area contributed by atoms with Crippen LogP contribution in [0.5, 0.6) is 17.2 Å². The number of halogens is 3. The molecule has 3 rings (SSSR count). The van der Waals surface area contributed by atoms with Gasteiger partial charge in [0.25, 0.3) is 5.91 Å². The molecule has 0 radical (unpaired) electrons. The SMILES string of the molecule is COc1c(S(C)(=O)=O)ccc(OCC(C)(C)C)c1C(=O)N1CC(Oc2cc(F)c(F)cc2F)C1. The summed E-state index contributed by atoms with van der Waals surface area (Å²) in [4.78, 5) is 14.5. The highest BCUT2D eigenvalue weighted by atomic mass is 32.2. The Kier molecular flexibility index (Phi) is 7.07. The number of benzene rings is 2. The third kappa shape index (κ3) is 5.57. The Labute approximate surface area is 196 Å². The summed E-state index contributed by atoms with van der Waals surface area (Å²) < 4.78 is 81.4. The molecule has 0 bridgehead atoms. The summed E-state index contributed by atoms with van der Waals surface area (Å²) in [6, 6.07) is 3.71. The zero-order valence-corrected chi connectivity index (χ0v) is 20.3. The molecule has 0 spiro atoms. The predicted molar refractivity (Wildman–Crippen MR) is 118 cm³/mol. The normalized spacial score (nSPS) is 14.5. The average molecular weight is 502 g/mol. The number of sulfone groups is 1. The van der Waals surface area contributed by atoms with Gasteiger partial charge in [-0.05, 0) is 17.5 Å². The monoisotopic (exact) mass is 501 g/mol. The fourth-order valence-corrected chi connectivity index (χ4v) is 4.11. The number of amides is 1. The van der Waals surface area contributed by atoms with Crippen LogP contribution in [0.2, 0.25) is 0 Å². The molecular weight excluding hydrogens is 475 g/mol. The van der Waals surface area contributed by atoms with Crippen LogP contribution < -0.4 is 14.2 Å². The van der Waals surface area contributed by atoms with Crippen LogP contribution in [0.4, 0.5) is 13.2 Å². The summed E-state index contributed by atoms with van der Waals surface area (Å²) in [5, 5.41) is 0. The van der Waals surface area contributed by atoms with Gasteiger partial charge in [-0.15, -0.1) is 0 Å². The molecule has 1 heterocycles. The zero-order valence-electron chi connectivity index (χ0n) is 19.4. The van der Waals surface area contributed by atoms with Crippen molar-refractivity contribution in [2.24, 2.45) is 5.41 Å². The van der Waals surface area contributed by atoms with E-state index in [0.29, 0.717) is 12.1 Å². The molecule has 11 heteroatoms. The van der Waals surface area contributed by atoms with Crippen molar-refractivity contribution >= 4 is 15.7 Å². The van der Waals surface area contributed by atoms with Crippen molar-refractivity contribution < 1.29 is 40.6 Å².